The number of hydrogen-bond donors (Lipinski definition) is 2. The number of rotatable bonds is 8. The smallest absolute Gasteiger partial charge is 0.407 e. The van der Waals surface area contributed by atoms with Crippen LogP contribution in [0.4, 0.5) is 4.79 Å². The summed E-state index contributed by atoms with van der Waals surface area (Å²) in [5.41, 5.74) is 4.43. The summed E-state index contributed by atoms with van der Waals surface area (Å²) in [6.07, 6.45) is -0.320. The molecule has 2 amide bonds. The van der Waals surface area contributed by atoms with E-state index in [1.165, 1.54) is 0 Å². The zero-order valence-corrected chi connectivity index (χ0v) is 18.5. The number of fused-ring (bicyclic) bond motifs is 3. The number of carbonyl (C=O) groups excluding carboxylic acids is 2. The van der Waals surface area contributed by atoms with Crippen LogP contribution >= 0.6 is 0 Å². The Morgan fingerprint density at radius 2 is 1.73 bits per heavy atom. The van der Waals surface area contributed by atoms with Crippen molar-refractivity contribution in [3.05, 3.63) is 59.7 Å². The van der Waals surface area contributed by atoms with Crippen molar-refractivity contribution in [2.75, 3.05) is 26.8 Å². The molecule has 1 heterocycles. The Labute approximate surface area is 192 Å². The number of benzene rings is 2. The number of alkyl carbamates (subject to hydrolysis) is 1. The van der Waals surface area contributed by atoms with Crippen LogP contribution in [0.15, 0.2) is 48.5 Å². The molecule has 4 rings (SSSR count). The highest BCUT2D eigenvalue weighted by Gasteiger charge is 2.33. The normalized spacial score (nSPS) is 17.8. The monoisotopic (exact) mass is 452 g/mol. The second-order valence-corrected chi connectivity index (χ2v) is 8.39. The van der Waals surface area contributed by atoms with E-state index in [9.17, 15) is 14.4 Å². The number of nitrogens with one attached hydrogen (secondary N) is 1. The number of amides is 2. The molecule has 0 aromatic heterocycles. The molecule has 0 spiro atoms. The largest absolute Gasteiger partial charge is 0.481 e. The third kappa shape index (κ3) is 5.01. The molecule has 2 aromatic carbocycles. The third-order valence-corrected chi connectivity index (χ3v) is 6.37. The Morgan fingerprint density at radius 1 is 1.09 bits per heavy atom. The summed E-state index contributed by atoms with van der Waals surface area (Å²) in [6.45, 7) is 1.05. The molecule has 2 atom stereocenters. The summed E-state index contributed by atoms with van der Waals surface area (Å²) in [6, 6.07) is 15.1. The maximum absolute atomic E-state index is 12.9. The Balaban J connectivity index is 1.41. The first-order valence-corrected chi connectivity index (χ1v) is 11.1. The standard InChI is InChI=1S/C25H28N2O6/c1-32-16-12-13-27(14-16)24(30)22(10-11-23(28)29)26-25(31)33-15-21-19-8-4-2-6-17(19)18-7-3-5-9-20(18)21/h2-9,16,21-22H,10-15H2,1H3,(H,26,31)(H,28,29)/t16-,22?/m0/s1. The van der Waals surface area contributed by atoms with Crippen LogP contribution in [0, 0.1) is 0 Å². The minimum Gasteiger partial charge on any atom is -0.481 e. The lowest BCUT2D eigenvalue weighted by Gasteiger charge is -2.24. The molecule has 1 fully saturated rings. The predicted molar refractivity (Wildman–Crippen MR) is 121 cm³/mol. The van der Waals surface area contributed by atoms with Gasteiger partial charge in [0.05, 0.1) is 6.10 Å². The molecule has 0 radical (unpaired) electrons. The van der Waals surface area contributed by atoms with Crippen molar-refractivity contribution in [3.63, 3.8) is 0 Å². The first-order chi connectivity index (χ1) is 16.0. The molecule has 0 bridgehead atoms. The van der Waals surface area contributed by atoms with Gasteiger partial charge in [-0.3, -0.25) is 9.59 Å². The lowest BCUT2D eigenvalue weighted by Crippen LogP contribution is -2.48. The van der Waals surface area contributed by atoms with Gasteiger partial charge in [-0.2, -0.15) is 0 Å². The molecular weight excluding hydrogens is 424 g/mol. The van der Waals surface area contributed by atoms with Crippen LogP contribution in [0.25, 0.3) is 11.1 Å². The van der Waals surface area contributed by atoms with E-state index in [0.29, 0.717) is 19.5 Å². The van der Waals surface area contributed by atoms with E-state index in [2.05, 4.69) is 17.4 Å². The van der Waals surface area contributed by atoms with E-state index in [0.717, 1.165) is 22.3 Å². The zero-order valence-electron chi connectivity index (χ0n) is 18.5. The van der Waals surface area contributed by atoms with Gasteiger partial charge in [0.15, 0.2) is 0 Å². The lowest BCUT2D eigenvalue weighted by atomic mass is 9.98. The lowest BCUT2D eigenvalue weighted by molar-refractivity contribution is -0.138. The van der Waals surface area contributed by atoms with Crippen LogP contribution in [0.3, 0.4) is 0 Å². The van der Waals surface area contributed by atoms with Gasteiger partial charge >= 0.3 is 12.1 Å². The van der Waals surface area contributed by atoms with Gasteiger partial charge in [-0.1, -0.05) is 48.5 Å². The molecule has 174 valence electrons. The maximum atomic E-state index is 12.9. The minimum atomic E-state index is -1.03. The number of carboxylic acids is 1. The molecule has 2 N–H and O–H groups in total. The van der Waals surface area contributed by atoms with Crippen molar-refractivity contribution in [1.82, 2.24) is 10.2 Å². The predicted octanol–water partition coefficient (Wildman–Crippen LogP) is 3.01. The molecule has 2 aromatic rings. The van der Waals surface area contributed by atoms with Gasteiger partial charge in [-0.05, 0) is 35.1 Å². The Morgan fingerprint density at radius 3 is 2.30 bits per heavy atom. The van der Waals surface area contributed by atoms with Crippen LogP contribution in [0.1, 0.15) is 36.3 Å². The first-order valence-electron chi connectivity index (χ1n) is 11.1. The van der Waals surface area contributed by atoms with Crippen LogP contribution < -0.4 is 5.32 Å². The first kappa shape index (κ1) is 22.8. The molecule has 8 nitrogen and oxygen atoms in total. The van der Waals surface area contributed by atoms with E-state index in [4.69, 9.17) is 14.6 Å². The van der Waals surface area contributed by atoms with Gasteiger partial charge in [0, 0.05) is 32.5 Å². The van der Waals surface area contributed by atoms with Gasteiger partial charge < -0.3 is 24.8 Å². The molecule has 2 aliphatic rings. The van der Waals surface area contributed by atoms with E-state index in [-0.39, 0.29) is 37.4 Å². The van der Waals surface area contributed by atoms with Gasteiger partial charge in [-0.15, -0.1) is 0 Å². The van der Waals surface area contributed by atoms with E-state index in [1.54, 1.807) is 12.0 Å². The second-order valence-electron chi connectivity index (χ2n) is 8.39. The fourth-order valence-corrected chi connectivity index (χ4v) is 4.65. The second kappa shape index (κ2) is 10.0. The van der Waals surface area contributed by atoms with Crippen LogP contribution in [-0.2, 0) is 19.1 Å². The van der Waals surface area contributed by atoms with Crippen LogP contribution in [0.2, 0.25) is 0 Å². The quantitative estimate of drug-likeness (QED) is 0.638. The summed E-state index contributed by atoms with van der Waals surface area (Å²) in [4.78, 5) is 38.3. The Bertz CT molecular complexity index is 994. The number of methoxy groups -OCH3 is 1. The van der Waals surface area contributed by atoms with Crippen LogP contribution in [-0.4, -0.2) is 66.9 Å². The number of aliphatic carboxylic acids is 1. The topological polar surface area (TPSA) is 105 Å². The molecule has 33 heavy (non-hydrogen) atoms. The summed E-state index contributed by atoms with van der Waals surface area (Å²) in [7, 11) is 1.59. The fraction of sp³-hybridized carbons (Fsp3) is 0.400. The van der Waals surface area contributed by atoms with Crippen molar-refractivity contribution in [2.45, 2.75) is 37.3 Å². The number of carbonyl (C=O) groups is 3. The van der Waals surface area contributed by atoms with E-state index >= 15 is 0 Å². The Hall–Kier alpha value is -3.39. The van der Waals surface area contributed by atoms with Crippen molar-refractivity contribution in [3.8, 4) is 11.1 Å². The van der Waals surface area contributed by atoms with Crippen LogP contribution in [0.5, 0.6) is 0 Å². The highest BCUT2D eigenvalue weighted by atomic mass is 16.5. The molecule has 1 aliphatic carbocycles. The highest BCUT2D eigenvalue weighted by molar-refractivity contribution is 5.86. The van der Waals surface area contributed by atoms with Crippen molar-refractivity contribution >= 4 is 18.0 Å². The van der Waals surface area contributed by atoms with Gasteiger partial charge in [0.25, 0.3) is 0 Å². The van der Waals surface area contributed by atoms with Crippen molar-refractivity contribution in [1.29, 1.82) is 0 Å². The van der Waals surface area contributed by atoms with Crippen molar-refractivity contribution in [2.24, 2.45) is 0 Å². The van der Waals surface area contributed by atoms with Crippen molar-refractivity contribution < 1.29 is 29.0 Å². The Kier molecular flexibility index (Phi) is 6.93. The summed E-state index contributed by atoms with van der Waals surface area (Å²) >= 11 is 0. The summed E-state index contributed by atoms with van der Waals surface area (Å²) in [5.74, 6) is -1.44. The average Bonchev–Trinajstić information content (AvgIpc) is 3.43. The SMILES string of the molecule is CO[C@H]1CCN(C(=O)C(CCC(=O)O)NC(=O)OCC2c3ccccc3-c3ccccc32)C1. The maximum Gasteiger partial charge on any atom is 0.407 e. The number of ether oxygens (including phenoxy) is 2. The third-order valence-electron chi connectivity index (χ3n) is 6.37. The number of carboxylic acid groups (broad SMARTS) is 1. The average molecular weight is 453 g/mol. The zero-order chi connectivity index (χ0) is 23.4. The molecule has 1 aliphatic heterocycles. The molecule has 0 saturated carbocycles. The number of nitrogens with zero attached hydrogens (tertiary/aromatic N) is 1. The van der Waals surface area contributed by atoms with E-state index < -0.39 is 18.1 Å². The molecule has 8 heteroatoms. The highest BCUT2D eigenvalue weighted by Crippen LogP contribution is 2.44. The molecule has 1 unspecified atom stereocenters. The van der Waals surface area contributed by atoms with Gasteiger partial charge in [-0.25, -0.2) is 4.79 Å². The summed E-state index contributed by atoms with van der Waals surface area (Å²) < 4.78 is 10.8. The fourth-order valence-electron chi connectivity index (χ4n) is 4.65. The minimum absolute atomic E-state index is 0.00743. The molecular formula is C25H28N2O6. The van der Waals surface area contributed by atoms with E-state index in [1.807, 2.05) is 36.4 Å². The summed E-state index contributed by atoms with van der Waals surface area (Å²) in [5, 5.41) is 11.7. The molecule has 1 saturated heterocycles. The number of likely N-dealkylation sites (tertiary alicyclic amines) is 1. The van der Waals surface area contributed by atoms with Gasteiger partial charge in [0.1, 0.15) is 12.6 Å². The number of hydrogen-bond acceptors (Lipinski definition) is 5. The van der Waals surface area contributed by atoms with Gasteiger partial charge in [0.2, 0.25) is 5.91 Å².